The van der Waals surface area contributed by atoms with Gasteiger partial charge in [0.2, 0.25) is 0 Å². The number of aromatic nitrogens is 1. The van der Waals surface area contributed by atoms with Crippen LogP contribution in [0.2, 0.25) is 0 Å². The average Bonchev–Trinajstić information content (AvgIpc) is 2.64. The van der Waals surface area contributed by atoms with Gasteiger partial charge in [-0.1, -0.05) is 42.1 Å². The molecule has 2 aromatic carbocycles. The number of rotatable bonds is 5. The van der Waals surface area contributed by atoms with Crippen molar-refractivity contribution in [1.82, 2.24) is 10.3 Å². The molecule has 1 amide bonds. The molecule has 0 aliphatic rings. The second-order valence-corrected chi connectivity index (χ2v) is 7.38. The summed E-state index contributed by atoms with van der Waals surface area (Å²) >= 11 is 1.52. The molecule has 0 saturated carbocycles. The summed E-state index contributed by atoms with van der Waals surface area (Å²) in [6, 6.07) is 18.0. The number of carbonyl (C=O) groups excluding carboxylic acids is 1. The highest BCUT2D eigenvalue weighted by molar-refractivity contribution is 7.99. The van der Waals surface area contributed by atoms with Gasteiger partial charge in [0, 0.05) is 17.6 Å². The maximum atomic E-state index is 12.7. The summed E-state index contributed by atoms with van der Waals surface area (Å²) in [4.78, 5) is 18.2. The second-order valence-electron chi connectivity index (χ2n) is 6.31. The first kappa shape index (κ1) is 18.2. The van der Waals surface area contributed by atoms with Gasteiger partial charge in [0.25, 0.3) is 5.91 Å². The van der Waals surface area contributed by atoms with E-state index in [4.69, 9.17) is 0 Å². The Balaban J connectivity index is 1.76. The van der Waals surface area contributed by atoms with Crippen molar-refractivity contribution >= 4 is 17.7 Å². The highest BCUT2D eigenvalue weighted by Gasteiger charge is 2.14. The van der Waals surface area contributed by atoms with Crippen LogP contribution in [0.25, 0.3) is 0 Å². The Hall–Kier alpha value is -2.59. The third kappa shape index (κ3) is 4.33. The van der Waals surface area contributed by atoms with Crippen LogP contribution in [0.3, 0.4) is 0 Å². The number of carbonyl (C=O) groups is 1. The second kappa shape index (κ2) is 8.19. The van der Waals surface area contributed by atoms with Gasteiger partial charge in [0.15, 0.2) is 0 Å². The molecule has 3 aromatic rings. The number of benzene rings is 2. The molecule has 0 aliphatic carbocycles. The number of hydrogen-bond acceptors (Lipinski definition) is 3. The summed E-state index contributed by atoms with van der Waals surface area (Å²) in [5.41, 5.74) is 5.38. The Morgan fingerprint density at radius 2 is 1.77 bits per heavy atom. The van der Waals surface area contributed by atoms with Crippen molar-refractivity contribution in [1.29, 1.82) is 0 Å². The van der Waals surface area contributed by atoms with Crippen LogP contribution in [-0.4, -0.2) is 10.9 Å². The van der Waals surface area contributed by atoms with Crippen molar-refractivity contribution in [3.8, 4) is 0 Å². The van der Waals surface area contributed by atoms with Gasteiger partial charge in [-0.2, -0.15) is 0 Å². The number of aryl methyl sites for hydroxylation is 3. The smallest absolute Gasteiger partial charge is 0.254 e. The lowest BCUT2D eigenvalue weighted by molar-refractivity contribution is 0.0947. The van der Waals surface area contributed by atoms with E-state index in [1.807, 2.05) is 37.3 Å². The van der Waals surface area contributed by atoms with Crippen LogP contribution in [0.5, 0.6) is 0 Å². The lowest BCUT2D eigenvalue weighted by atomic mass is 10.1. The van der Waals surface area contributed by atoms with Gasteiger partial charge >= 0.3 is 0 Å². The average molecular weight is 362 g/mol. The van der Waals surface area contributed by atoms with Crippen molar-refractivity contribution in [2.45, 2.75) is 37.2 Å². The maximum Gasteiger partial charge on any atom is 0.254 e. The van der Waals surface area contributed by atoms with Crippen LogP contribution in [0, 0.1) is 20.8 Å². The maximum absolute atomic E-state index is 12.7. The van der Waals surface area contributed by atoms with Gasteiger partial charge in [0.1, 0.15) is 5.03 Å². The fourth-order valence-electron chi connectivity index (χ4n) is 2.61. The number of amides is 1. The van der Waals surface area contributed by atoms with Crippen molar-refractivity contribution in [3.05, 3.63) is 88.6 Å². The monoisotopic (exact) mass is 362 g/mol. The van der Waals surface area contributed by atoms with Crippen molar-refractivity contribution in [3.63, 3.8) is 0 Å². The Kier molecular flexibility index (Phi) is 5.74. The molecule has 1 heterocycles. The van der Waals surface area contributed by atoms with Crippen LogP contribution in [-0.2, 0) is 6.54 Å². The zero-order valence-electron chi connectivity index (χ0n) is 15.2. The van der Waals surface area contributed by atoms with E-state index >= 15 is 0 Å². The van der Waals surface area contributed by atoms with E-state index in [9.17, 15) is 4.79 Å². The van der Waals surface area contributed by atoms with Crippen LogP contribution >= 0.6 is 11.8 Å². The molecule has 0 spiro atoms. The summed E-state index contributed by atoms with van der Waals surface area (Å²) in [6.07, 6.45) is 1.72. The summed E-state index contributed by atoms with van der Waals surface area (Å²) in [5.74, 6) is -0.104. The molecule has 132 valence electrons. The fraction of sp³-hybridized carbons (Fsp3) is 0.182. The van der Waals surface area contributed by atoms with Crippen LogP contribution < -0.4 is 5.32 Å². The van der Waals surface area contributed by atoms with Crippen LogP contribution in [0.1, 0.15) is 32.6 Å². The molecule has 0 fully saturated rings. The molecule has 1 N–H and O–H groups in total. The zero-order valence-corrected chi connectivity index (χ0v) is 16.1. The summed E-state index contributed by atoms with van der Waals surface area (Å²) in [7, 11) is 0. The van der Waals surface area contributed by atoms with Gasteiger partial charge in [-0.05, 0) is 67.3 Å². The largest absolute Gasteiger partial charge is 0.348 e. The lowest BCUT2D eigenvalue weighted by Crippen LogP contribution is -2.24. The molecule has 3 nitrogen and oxygen atoms in total. The first-order valence-electron chi connectivity index (χ1n) is 8.57. The third-order valence-corrected chi connectivity index (χ3v) is 5.42. The Morgan fingerprint density at radius 3 is 2.54 bits per heavy atom. The molecule has 4 heteroatoms. The predicted molar refractivity (Wildman–Crippen MR) is 107 cm³/mol. The molecule has 0 saturated heterocycles. The van der Waals surface area contributed by atoms with Crippen LogP contribution in [0.15, 0.2) is 70.7 Å². The number of nitrogens with one attached hydrogen (secondary N) is 1. The normalized spacial score (nSPS) is 10.6. The highest BCUT2D eigenvalue weighted by Crippen LogP contribution is 2.30. The van der Waals surface area contributed by atoms with Gasteiger partial charge in [-0.15, -0.1) is 0 Å². The molecule has 0 unspecified atom stereocenters. The summed E-state index contributed by atoms with van der Waals surface area (Å²) < 4.78 is 0. The van der Waals surface area contributed by atoms with Crippen molar-refractivity contribution < 1.29 is 4.79 Å². The first-order valence-corrected chi connectivity index (χ1v) is 9.39. The molecular formula is C22H22N2OS. The molecule has 3 rings (SSSR count). The van der Waals surface area contributed by atoms with Gasteiger partial charge in [-0.3, -0.25) is 4.79 Å². The van der Waals surface area contributed by atoms with Crippen molar-refractivity contribution in [2.24, 2.45) is 0 Å². The Bertz CT molecular complexity index is 937. The molecular weight excluding hydrogens is 340 g/mol. The van der Waals surface area contributed by atoms with E-state index in [0.717, 1.165) is 15.5 Å². The molecule has 0 radical (unpaired) electrons. The lowest BCUT2D eigenvalue weighted by Gasteiger charge is -2.11. The van der Waals surface area contributed by atoms with E-state index < -0.39 is 0 Å². The SMILES string of the molecule is Cc1ccc(Sc2ncccc2C(=O)NCc2ccccc2C)cc1C. The molecule has 26 heavy (non-hydrogen) atoms. The highest BCUT2D eigenvalue weighted by atomic mass is 32.2. The Labute approximate surface area is 158 Å². The summed E-state index contributed by atoms with van der Waals surface area (Å²) in [6.45, 7) is 6.74. The van der Waals surface area contributed by atoms with Crippen LogP contribution in [0.4, 0.5) is 0 Å². The van der Waals surface area contributed by atoms with E-state index in [-0.39, 0.29) is 5.91 Å². The van der Waals surface area contributed by atoms with E-state index in [0.29, 0.717) is 12.1 Å². The van der Waals surface area contributed by atoms with Crippen molar-refractivity contribution in [2.75, 3.05) is 0 Å². The third-order valence-electron chi connectivity index (χ3n) is 4.41. The Morgan fingerprint density at radius 1 is 0.962 bits per heavy atom. The number of nitrogens with zero attached hydrogens (tertiary/aromatic N) is 1. The quantitative estimate of drug-likeness (QED) is 0.687. The van der Waals surface area contributed by atoms with E-state index in [2.05, 4.69) is 42.3 Å². The number of pyridine rings is 1. The fourth-order valence-corrected chi connectivity index (χ4v) is 3.59. The predicted octanol–water partition coefficient (Wildman–Crippen LogP) is 5.09. The van der Waals surface area contributed by atoms with Gasteiger partial charge in [-0.25, -0.2) is 4.98 Å². The topological polar surface area (TPSA) is 42.0 Å². The van der Waals surface area contributed by atoms with E-state index in [1.54, 1.807) is 12.3 Å². The number of hydrogen-bond donors (Lipinski definition) is 1. The van der Waals surface area contributed by atoms with Gasteiger partial charge in [0.05, 0.1) is 5.56 Å². The van der Waals surface area contributed by atoms with E-state index in [1.165, 1.54) is 28.5 Å². The minimum absolute atomic E-state index is 0.104. The first-order chi connectivity index (χ1) is 12.5. The molecule has 0 aliphatic heterocycles. The molecule has 0 atom stereocenters. The molecule has 1 aromatic heterocycles. The van der Waals surface area contributed by atoms with Gasteiger partial charge < -0.3 is 5.32 Å². The standard InChI is InChI=1S/C22H22N2OS/c1-15-10-11-19(13-17(15)3)26-22-20(9-6-12-23-22)21(25)24-14-18-8-5-4-7-16(18)2/h4-13H,14H2,1-3H3,(H,24,25). The molecule has 0 bridgehead atoms. The summed E-state index contributed by atoms with van der Waals surface area (Å²) in [5, 5.41) is 3.73. The minimum atomic E-state index is -0.104. The minimum Gasteiger partial charge on any atom is -0.348 e. The zero-order chi connectivity index (χ0) is 18.5.